The van der Waals surface area contributed by atoms with Crippen LogP contribution < -0.4 is 5.73 Å². The summed E-state index contributed by atoms with van der Waals surface area (Å²) in [7, 11) is 0. The summed E-state index contributed by atoms with van der Waals surface area (Å²) in [5.41, 5.74) is 5.65. The summed E-state index contributed by atoms with van der Waals surface area (Å²) >= 11 is 0. The highest BCUT2D eigenvalue weighted by atomic mass is 16.5. The van der Waals surface area contributed by atoms with Crippen molar-refractivity contribution >= 4 is 5.91 Å². The second kappa shape index (κ2) is 6.86. The maximum atomic E-state index is 12.1. The normalized spacial score (nSPS) is 22.4. The second-order valence-electron chi connectivity index (χ2n) is 4.43. The van der Waals surface area contributed by atoms with E-state index in [0.717, 1.165) is 32.2 Å². The summed E-state index contributed by atoms with van der Waals surface area (Å²) in [6.07, 6.45) is 3.88. The van der Waals surface area contributed by atoms with Gasteiger partial charge in [0.15, 0.2) is 0 Å². The van der Waals surface area contributed by atoms with Crippen molar-refractivity contribution in [3.8, 4) is 0 Å². The monoisotopic (exact) mass is 228 g/mol. The minimum Gasteiger partial charge on any atom is -0.369 e. The number of carbonyl (C=O) groups excluding carboxylic acids is 1. The Morgan fingerprint density at radius 1 is 1.62 bits per heavy atom. The molecule has 2 atom stereocenters. The summed E-state index contributed by atoms with van der Waals surface area (Å²) in [5, 5.41) is 0. The fourth-order valence-electron chi connectivity index (χ4n) is 2.08. The van der Waals surface area contributed by atoms with Gasteiger partial charge >= 0.3 is 0 Å². The lowest BCUT2D eigenvalue weighted by molar-refractivity contribution is -0.143. The SMILES string of the molecule is CCCCOC(C)C(=O)N1CCCC1CN. The van der Waals surface area contributed by atoms with Crippen LogP contribution in [-0.4, -0.2) is 42.6 Å². The van der Waals surface area contributed by atoms with E-state index in [2.05, 4.69) is 6.92 Å². The van der Waals surface area contributed by atoms with Crippen LogP contribution in [0.15, 0.2) is 0 Å². The molecular weight excluding hydrogens is 204 g/mol. The highest BCUT2D eigenvalue weighted by Gasteiger charge is 2.30. The van der Waals surface area contributed by atoms with Gasteiger partial charge in [-0.25, -0.2) is 0 Å². The fraction of sp³-hybridized carbons (Fsp3) is 0.917. The van der Waals surface area contributed by atoms with Gasteiger partial charge in [0.05, 0.1) is 0 Å². The van der Waals surface area contributed by atoms with Gasteiger partial charge in [-0.1, -0.05) is 13.3 Å². The average molecular weight is 228 g/mol. The van der Waals surface area contributed by atoms with Crippen LogP contribution in [0.3, 0.4) is 0 Å². The Hall–Kier alpha value is -0.610. The molecule has 0 spiro atoms. The summed E-state index contributed by atoms with van der Waals surface area (Å²) in [6.45, 7) is 6.02. The molecule has 0 aromatic carbocycles. The predicted octanol–water partition coefficient (Wildman–Crippen LogP) is 1.14. The smallest absolute Gasteiger partial charge is 0.251 e. The molecular formula is C12H24N2O2. The van der Waals surface area contributed by atoms with Gasteiger partial charge in [0.25, 0.3) is 5.91 Å². The van der Waals surface area contributed by atoms with Crippen molar-refractivity contribution in [3.63, 3.8) is 0 Å². The highest BCUT2D eigenvalue weighted by Crippen LogP contribution is 2.17. The zero-order chi connectivity index (χ0) is 12.0. The summed E-state index contributed by atoms with van der Waals surface area (Å²) < 4.78 is 5.52. The molecule has 0 aromatic heterocycles. The summed E-state index contributed by atoms with van der Waals surface area (Å²) in [6, 6.07) is 0.227. The number of likely N-dealkylation sites (tertiary alicyclic amines) is 1. The third-order valence-corrected chi connectivity index (χ3v) is 3.15. The quantitative estimate of drug-likeness (QED) is 0.694. The molecule has 2 unspecified atom stereocenters. The number of rotatable bonds is 6. The Morgan fingerprint density at radius 3 is 3.00 bits per heavy atom. The minimum absolute atomic E-state index is 0.101. The topological polar surface area (TPSA) is 55.6 Å². The van der Waals surface area contributed by atoms with Gasteiger partial charge in [-0.05, 0) is 26.2 Å². The fourth-order valence-corrected chi connectivity index (χ4v) is 2.08. The number of nitrogens with two attached hydrogens (primary N) is 1. The zero-order valence-corrected chi connectivity index (χ0v) is 10.4. The van der Waals surface area contributed by atoms with Gasteiger partial charge in [0.2, 0.25) is 0 Å². The molecule has 16 heavy (non-hydrogen) atoms. The maximum absolute atomic E-state index is 12.1. The molecule has 1 saturated heterocycles. The molecule has 0 aromatic rings. The average Bonchev–Trinajstić information content (AvgIpc) is 2.76. The first-order valence-electron chi connectivity index (χ1n) is 6.32. The Balaban J connectivity index is 2.37. The lowest BCUT2D eigenvalue weighted by atomic mass is 10.2. The maximum Gasteiger partial charge on any atom is 0.251 e. The first kappa shape index (κ1) is 13.5. The Bertz CT molecular complexity index is 221. The van der Waals surface area contributed by atoms with Crippen LogP contribution in [0.25, 0.3) is 0 Å². The van der Waals surface area contributed by atoms with Gasteiger partial charge < -0.3 is 15.4 Å². The van der Waals surface area contributed by atoms with E-state index in [4.69, 9.17) is 10.5 Å². The van der Waals surface area contributed by atoms with E-state index >= 15 is 0 Å². The van der Waals surface area contributed by atoms with Crippen molar-refractivity contribution in [2.75, 3.05) is 19.7 Å². The minimum atomic E-state index is -0.321. The molecule has 1 amide bonds. The molecule has 1 heterocycles. The van der Waals surface area contributed by atoms with Crippen LogP contribution in [0.4, 0.5) is 0 Å². The molecule has 4 heteroatoms. The summed E-state index contributed by atoms with van der Waals surface area (Å²) in [5.74, 6) is 0.101. The van der Waals surface area contributed by atoms with Crippen molar-refractivity contribution in [2.45, 2.75) is 51.7 Å². The number of nitrogens with zero attached hydrogens (tertiary/aromatic N) is 1. The molecule has 1 aliphatic heterocycles. The number of amides is 1. The molecule has 4 nitrogen and oxygen atoms in total. The molecule has 0 saturated carbocycles. The van der Waals surface area contributed by atoms with Crippen LogP contribution in [0, 0.1) is 0 Å². The zero-order valence-electron chi connectivity index (χ0n) is 10.4. The van der Waals surface area contributed by atoms with Gasteiger partial charge in [-0.2, -0.15) is 0 Å². The number of carbonyl (C=O) groups is 1. The van der Waals surface area contributed by atoms with Crippen LogP contribution in [0.5, 0.6) is 0 Å². The molecule has 0 aliphatic carbocycles. The standard InChI is InChI=1S/C12H24N2O2/c1-3-4-8-16-10(2)12(15)14-7-5-6-11(14)9-13/h10-11H,3-9,13H2,1-2H3. The lowest BCUT2D eigenvalue weighted by Gasteiger charge is -2.26. The first-order valence-corrected chi connectivity index (χ1v) is 6.32. The molecule has 0 bridgehead atoms. The van der Waals surface area contributed by atoms with E-state index < -0.39 is 0 Å². The number of unbranched alkanes of at least 4 members (excludes halogenated alkanes) is 1. The number of hydrogen-bond acceptors (Lipinski definition) is 3. The number of ether oxygens (including phenoxy) is 1. The first-order chi connectivity index (χ1) is 7.70. The largest absolute Gasteiger partial charge is 0.369 e. The van der Waals surface area contributed by atoms with Crippen molar-refractivity contribution in [3.05, 3.63) is 0 Å². The van der Waals surface area contributed by atoms with E-state index in [1.54, 1.807) is 0 Å². The van der Waals surface area contributed by atoms with E-state index in [0.29, 0.717) is 13.2 Å². The van der Waals surface area contributed by atoms with Crippen molar-refractivity contribution in [1.29, 1.82) is 0 Å². The Kier molecular flexibility index (Phi) is 5.77. The predicted molar refractivity (Wildman–Crippen MR) is 64.1 cm³/mol. The van der Waals surface area contributed by atoms with Crippen LogP contribution in [0.1, 0.15) is 39.5 Å². The van der Waals surface area contributed by atoms with Crippen molar-refractivity contribution in [1.82, 2.24) is 4.90 Å². The highest BCUT2D eigenvalue weighted by molar-refractivity contribution is 5.81. The molecule has 94 valence electrons. The third-order valence-electron chi connectivity index (χ3n) is 3.15. The molecule has 2 N–H and O–H groups in total. The van der Waals surface area contributed by atoms with Crippen molar-refractivity contribution in [2.24, 2.45) is 5.73 Å². The Morgan fingerprint density at radius 2 is 2.38 bits per heavy atom. The molecule has 0 radical (unpaired) electrons. The van der Waals surface area contributed by atoms with E-state index in [-0.39, 0.29) is 18.1 Å². The van der Waals surface area contributed by atoms with Gasteiger partial charge in [0.1, 0.15) is 6.10 Å². The van der Waals surface area contributed by atoms with Crippen LogP contribution in [-0.2, 0) is 9.53 Å². The molecule has 1 fully saturated rings. The molecule has 1 rings (SSSR count). The van der Waals surface area contributed by atoms with Gasteiger partial charge in [-0.3, -0.25) is 4.79 Å². The number of hydrogen-bond donors (Lipinski definition) is 1. The third kappa shape index (κ3) is 3.46. The van der Waals surface area contributed by atoms with Crippen LogP contribution in [0.2, 0.25) is 0 Å². The van der Waals surface area contributed by atoms with Gasteiger partial charge in [0, 0.05) is 25.7 Å². The Labute approximate surface area is 98.1 Å². The second-order valence-corrected chi connectivity index (χ2v) is 4.43. The van der Waals surface area contributed by atoms with Crippen LogP contribution >= 0.6 is 0 Å². The van der Waals surface area contributed by atoms with E-state index in [1.165, 1.54) is 0 Å². The van der Waals surface area contributed by atoms with E-state index in [1.807, 2.05) is 11.8 Å². The summed E-state index contributed by atoms with van der Waals surface area (Å²) in [4.78, 5) is 13.9. The van der Waals surface area contributed by atoms with E-state index in [9.17, 15) is 4.79 Å². The molecule has 1 aliphatic rings. The lowest BCUT2D eigenvalue weighted by Crippen LogP contribution is -2.45. The van der Waals surface area contributed by atoms with Crippen molar-refractivity contribution < 1.29 is 9.53 Å². The van der Waals surface area contributed by atoms with Gasteiger partial charge in [-0.15, -0.1) is 0 Å².